The maximum Gasteiger partial charge on any atom is 0.279 e. The predicted molar refractivity (Wildman–Crippen MR) is 73.5 cm³/mol. The molecule has 5 nitrogen and oxygen atoms in total. The Morgan fingerprint density at radius 2 is 2.05 bits per heavy atom. The van der Waals surface area contributed by atoms with Crippen molar-refractivity contribution in [3.8, 4) is 0 Å². The Morgan fingerprint density at radius 3 is 2.65 bits per heavy atom. The first-order valence-corrected chi connectivity index (χ1v) is 8.05. The summed E-state index contributed by atoms with van der Waals surface area (Å²) in [6, 6.07) is 5.84. The van der Waals surface area contributed by atoms with Crippen LogP contribution in [0.15, 0.2) is 24.3 Å². The van der Waals surface area contributed by atoms with Crippen LogP contribution in [0.2, 0.25) is 0 Å². The minimum atomic E-state index is -3.55. The van der Waals surface area contributed by atoms with E-state index < -0.39 is 10.2 Å². The second kappa shape index (κ2) is 6.62. The number of nitrogens with one attached hydrogen (secondary N) is 1. The molecule has 0 bridgehead atoms. The Labute approximate surface area is 118 Å². The number of piperidine rings is 1. The number of rotatable bonds is 5. The highest BCUT2D eigenvalue weighted by atomic mass is 32.2. The second-order valence-electron chi connectivity index (χ2n) is 4.98. The molecule has 1 aliphatic rings. The predicted octanol–water partition coefficient (Wildman–Crippen LogP) is 0.864. The lowest BCUT2D eigenvalue weighted by molar-refractivity contribution is 0.169. The normalized spacial score (nSPS) is 18.3. The zero-order chi connectivity index (χ0) is 14.6. The van der Waals surface area contributed by atoms with E-state index in [2.05, 4.69) is 4.72 Å². The third kappa shape index (κ3) is 3.99. The fourth-order valence-corrected chi connectivity index (χ4v) is 3.47. The summed E-state index contributed by atoms with van der Waals surface area (Å²) in [5, 5.41) is 9.04. The van der Waals surface area contributed by atoms with Crippen LogP contribution < -0.4 is 4.72 Å². The number of hydrogen-bond acceptors (Lipinski definition) is 3. The smallest absolute Gasteiger partial charge is 0.279 e. The molecule has 1 aromatic rings. The van der Waals surface area contributed by atoms with Crippen LogP contribution in [-0.2, 0) is 16.8 Å². The average molecular weight is 302 g/mol. The van der Waals surface area contributed by atoms with Crippen molar-refractivity contribution < 1.29 is 17.9 Å². The summed E-state index contributed by atoms with van der Waals surface area (Å²) in [7, 11) is -3.55. The van der Waals surface area contributed by atoms with Gasteiger partial charge < -0.3 is 5.11 Å². The van der Waals surface area contributed by atoms with Gasteiger partial charge in [-0.1, -0.05) is 12.1 Å². The minimum Gasteiger partial charge on any atom is -0.396 e. The first kappa shape index (κ1) is 15.4. The van der Waals surface area contributed by atoms with Gasteiger partial charge in [-0.05, 0) is 36.5 Å². The highest BCUT2D eigenvalue weighted by Crippen LogP contribution is 2.18. The van der Waals surface area contributed by atoms with Gasteiger partial charge in [0.1, 0.15) is 5.82 Å². The molecular weight excluding hydrogens is 283 g/mol. The van der Waals surface area contributed by atoms with Gasteiger partial charge in [-0.25, -0.2) is 4.39 Å². The van der Waals surface area contributed by atoms with Crippen molar-refractivity contribution >= 4 is 10.2 Å². The first-order chi connectivity index (χ1) is 9.51. The lowest BCUT2D eigenvalue weighted by atomic mass is 10.00. The molecule has 2 rings (SSSR count). The van der Waals surface area contributed by atoms with Crippen LogP contribution in [0.25, 0.3) is 0 Å². The van der Waals surface area contributed by atoms with Crippen LogP contribution in [0.1, 0.15) is 18.4 Å². The van der Waals surface area contributed by atoms with Crippen molar-refractivity contribution in [2.24, 2.45) is 5.92 Å². The van der Waals surface area contributed by atoms with E-state index in [1.807, 2.05) is 0 Å². The summed E-state index contributed by atoms with van der Waals surface area (Å²) in [5.74, 6) is -0.199. The third-order valence-electron chi connectivity index (χ3n) is 3.52. The highest BCUT2D eigenvalue weighted by Gasteiger charge is 2.27. The number of aliphatic hydroxyl groups is 1. The van der Waals surface area contributed by atoms with Crippen molar-refractivity contribution in [1.82, 2.24) is 9.03 Å². The summed E-state index contributed by atoms with van der Waals surface area (Å²) >= 11 is 0. The van der Waals surface area contributed by atoms with Crippen molar-refractivity contribution in [3.63, 3.8) is 0 Å². The average Bonchev–Trinajstić information content (AvgIpc) is 2.45. The molecule has 1 heterocycles. The van der Waals surface area contributed by atoms with E-state index in [4.69, 9.17) is 5.11 Å². The van der Waals surface area contributed by atoms with Gasteiger partial charge in [0.25, 0.3) is 10.2 Å². The molecule has 0 spiro atoms. The molecule has 1 saturated heterocycles. The summed E-state index contributed by atoms with van der Waals surface area (Å²) in [6.07, 6.45) is 1.33. The van der Waals surface area contributed by atoms with E-state index in [9.17, 15) is 12.8 Å². The summed E-state index contributed by atoms with van der Waals surface area (Å²) < 4.78 is 41.1. The quantitative estimate of drug-likeness (QED) is 0.848. The molecule has 2 N–H and O–H groups in total. The molecule has 0 aliphatic carbocycles. The summed E-state index contributed by atoms with van der Waals surface area (Å²) in [5.41, 5.74) is 0.582. The molecule has 0 radical (unpaired) electrons. The fraction of sp³-hybridized carbons (Fsp3) is 0.538. The van der Waals surface area contributed by atoms with Crippen molar-refractivity contribution in [2.45, 2.75) is 19.4 Å². The standard InChI is InChI=1S/C13H19FN2O3S/c14-13-3-1-2-12(8-13)9-15-20(18,19)16-6-4-11(10-17)5-7-16/h1-3,8,11,15,17H,4-7,9-10H2. The van der Waals surface area contributed by atoms with Gasteiger partial charge >= 0.3 is 0 Å². The Kier molecular flexibility index (Phi) is 5.09. The van der Waals surface area contributed by atoms with E-state index in [1.165, 1.54) is 16.4 Å². The van der Waals surface area contributed by atoms with Crippen LogP contribution in [0.3, 0.4) is 0 Å². The second-order valence-corrected chi connectivity index (χ2v) is 6.74. The Balaban J connectivity index is 1.91. The number of nitrogens with zero attached hydrogens (tertiary/aromatic N) is 1. The fourth-order valence-electron chi connectivity index (χ4n) is 2.24. The van der Waals surface area contributed by atoms with Gasteiger partial charge in [-0.3, -0.25) is 0 Å². The lowest BCUT2D eigenvalue weighted by Gasteiger charge is -2.30. The molecule has 0 amide bonds. The van der Waals surface area contributed by atoms with E-state index >= 15 is 0 Å². The van der Waals surface area contributed by atoms with Crippen molar-refractivity contribution in [2.75, 3.05) is 19.7 Å². The lowest BCUT2D eigenvalue weighted by Crippen LogP contribution is -2.45. The number of aliphatic hydroxyl groups excluding tert-OH is 1. The monoisotopic (exact) mass is 302 g/mol. The Morgan fingerprint density at radius 1 is 1.35 bits per heavy atom. The molecule has 20 heavy (non-hydrogen) atoms. The highest BCUT2D eigenvalue weighted by molar-refractivity contribution is 7.87. The van der Waals surface area contributed by atoms with Crippen LogP contribution in [0, 0.1) is 11.7 Å². The maximum absolute atomic E-state index is 13.0. The van der Waals surface area contributed by atoms with Gasteiger partial charge in [0.15, 0.2) is 0 Å². The maximum atomic E-state index is 13.0. The van der Waals surface area contributed by atoms with Crippen LogP contribution >= 0.6 is 0 Å². The SMILES string of the molecule is O=S(=O)(NCc1cccc(F)c1)N1CCC(CO)CC1. The number of benzene rings is 1. The minimum absolute atomic E-state index is 0.0695. The van der Waals surface area contributed by atoms with Gasteiger partial charge in [0.05, 0.1) is 0 Å². The Bertz CT molecular complexity index is 542. The topological polar surface area (TPSA) is 69.6 Å². The van der Waals surface area contributed by atoms with Gasteiger partial charge in [0, 0.05) is 26.2 Å². The molecule has 1 fully saturated rings. The largest absolute Gasteiger partial charge is 0.396 e. The first-order valence-electron chi connectivity index (χ1n) is 6.61. The molecule has 0 unspecified atom stereocenters. The van der Waals surface area contributed by atoms with Gasteiger partial charge in [0.2, 0.25) is 0 Å². The molecule has 1 aromatic carbocycles. The van der Waals surface area contributed by atoms with E-state index in [0.717, 1.165) is 0 Å². The molecule has 112 valence electrons. The molecule has 7 heteroatoms. The van der Waals surface area contributed by atoms with Crippen LogP contribution in [0.5, 0.6) is 0 Å². The summed E-state index contributed by atoms with van der Waals surface area (Å²) in [4.78, 5) is 0. The van der Waals surface area contributed by atoms with Crippen molar-refractivity contribution in [3.05, 3.63) is 35.6 Å². The zero-order valence-electron chi connectivity index (χ0n) is 11.1. The van der Waals surface area contributed by atoms with E-state index in [1.54, 1.807) is 12.1 Å². The third-order valence-corrected chi connectivity index (χ3v) is 5.07. The van der Waals surface area contributed by atoms with Crippen LogP contribution in [-0.4, -0.2) is 37.5 Å². The van der Waals surface area contributed by atoms with E-state index in [-0.39, 0.29) is 24.9 Å². The number of halogens is 1. The summed E-state index contributed by atoms with van der Waals surface area (Å²) in [6.45, 7) is 0.984. The van der Waals surface area contributed by atoms with Crippen molar-refractivity contribution in [1.29, 1.82) is 0 Å². The molecule has 0 saturated carbocycles. The van der Waals surface area contributed by atoms with Gasteiger partial charge in [-0.2, -0.15) is 17.4 Å². The zero-order valence-corrected chi connectivity index (χ0v) is 11.9. The molecule has 1 aliphatic heterocycles. The molecule has 0 atom stereocenters. The molecular formula is C13H19FN2O3S. The van der Waals surface area contributed by atoms with E-state index in [0.29, 0.717) is 31.5 Å². The van der Waals surface area contributed by atoms with Gasteiger partial charge in [-0.15, -0.1) is 0 Å². The van der Waals surface area contributed by atoms with Crippen LogP contribution in [0.4, 0.5) is 4.39 Å². The molecule has 0 aromatic heterocycles. The number of hydrogen-bond donors (Lipinski definition) is 2. The Hall–Kier alpha value is -1.02.